The lowest BCUT2D eigenvalue weighted by molar-refractivity contribution is 0.112. The van der Waals surface area contributed by atoms with E-state index < -0.39 is 0 Å². The first-order valence-electron chi connectivity index (χ1n) is 5.15. The zero-order valence-corrected chi connectivity index (χ0v) is 9.50. The van der Waals surface area contributed by atoms with Gasteiger partial charge in [0, 0.05) is 23.0 Å². The SMILES string of the molecule is O=Cc1c[nH]cc1CCc1cccc(Cl)c1. The van der Waals surface area contributed by atoms with Gasteiger partial charge in [-0.1, -0.05) is 23.7 Å². The topological polar surface area (TPSA) is 32.9 Å². The average molecular weight is 234 g/mol. The third-order valence-electron chi connectivity index (χ3n) is 2.57. The Kier molecular flexibility index (Phi) is 3.42. The summed E-state index contributed by atoms with van der Waals surface area (Å²) in [4.78, 5) is 13.7. The summed E-state index contributed by atoms with van der Waals surface area (Å²) in [7, 11) is 0. The number of aromatic amines is 1. The molecule has 1 N–H and O–H groups in total. The van der Waals surface area contributed by atoms with Gasteiger partial charge >= 0.3 is 0 Å². The van der Waals surface area contributed by atoms with Crippen molar-refractivity contribution in [3.8, 4) is 0 Å². The van der Waals surface area contributed by atoms with Crippen LogP contribution in [-0.4, -0.2) is 11.3 Å². The smallest absolute Gasteiger partial charge is 0.151 e. The van der Waals surface area contributed by atoms with Crippen LogP contribution in [0, 0.1) is 0 Å². The monoisotopic (exact) mass is 233 g/mol. The number of nitrogens with one attached hydrogen (secondary N) is 1. The Bertz CT molecular complexity index is 490. The Morgan fingerprint density at radius 2 is 2.12 bits per heavy atom. The summed E-state index contributed by atoms with van der Waals surface area (Å²) in [6.45, 7) is 0. The van der Waals surface area contributed by atoms with E-state index in [9.17, 15) is 4.79 Å². The molecule has 0 aliphatic carbocycles. The number of hydrogen-bond donors (Lipinski definition) is 1. The summed E-state index contributed by atoms with van der Waals surface area (Å²) in [6.07, 6.45) is 6.20. The van der Waals surface area contributed by atoms with Crippen LogP contribution in [-0.2, 0) is 12.8 Å². The van der Waals surface area contributed by atoms with E-state index in [0.717, 1.165) is 35.3 Å². The highest BCUT2D eigenvalue weighted by Crippen LogP contribution is 2.14. The lowest BCUT2D eigenvalue weighted by Crippen LogP contribution is -1.92. The van der Waals surface area contributed by atoms with E-state index in [1.165, 1.54) is 5.56 Å². The van der Waals surface area contributed by atoms with Gasteiger partial charge in [0.05, 0.1) is 0 Å². The number of aldehydes is 1. The van der Waals surface area contributed by atoms with Crippen LogP contribution in [0.15, 0.2) is 36.7 Å². The molecule has 0 bridgehead atoms. The van der Waals surface area contributed by atoms with Crippen molar-refractivity contribution in [1.29, 1.82) is 0 Å². The number of carbonyl (C=O) groups excluding carboxylic acids is 1. The predicted molar refractivity (Wildman–Crippen MR) is 65.0 cm³/mol. The molecule has 0 unspecified atom stereocenters. The lowest BCUT2D eigenvalue weighted by Gasteiger charge is -2.01. The molecule has 2 nitrogen and oxygen atoms in total. The zero-order chi connectivity index (χ0) is 11.4. The molecule has 0 fully saturated rings. The van der Waals surface area contributed by atoms with Crippen molar-refractivity contribution in [1.82, 2.24) is 4.98 Å². The van der Waals surface area contributed by atoms with Crippen LogP contribution in [0.3, 0.4) is 0 Å². The molecule has 0 spiro atoms. The molecule has 82 valence electrons. The zero-order valence-electron chi connectivity index (χ0n) is 8.74. The van der Waals surface area contributed by atoms with Crippen molar-refractivity contribution >= 4 is 17.9 Å². The minimum absolute atomic E-state index is 0.738. The maximum Gasteiger partial charge on any atom is 0.151 e. The molecule has 16 heavy (non-hydrogen) atoms. The summed E-state index contributed by atoms with van der Waals surface area (Å²) in [5.74, 6) is 0. The van der Waals surface area contributed by atoms with Crippen LogP contribution in [0.25, 0.3) is 0 Å². The molecule has 1 heterocycles. The number of carbonyl (C=O) groups is 1. The van der Waals surface area contributed by atoms with Crippen molar-refractivity contribution in [2.75, 3.05) is 0 Å². The molecule has 2 rings (SSSR count). The normalized spacial score (nSPS) is 10.3. The molecule has 0 aliphatic rings. The minimum atomic E-state index is 0.738. The summed E-state index contributed by atoms with van der Waals surface area (Å²) >= 11 is 5.90. The van der Waals surface area contributed by atoms with Crippen molar-refractivity contribution in [2.45, 2.75) is 12.8 Å². The van der Waals surface area contributed by atoms with E-state index in [0.29, 0.717) is 0 Å². The van der Waals surface area contributed by atoms with Gasteiger partial charge in [-0.2, -0.15) is 0 Å². The number of benzene rings is 1. The molecule has 0 radical (unpaired) electrons. The summed E-state index contributed by atoms with van der Waals surface area (Å²) in [5.41, 5.74) is 2.97. The second-order valence-electron chi connectivity index (χ2n) is 3.68. The molecule has 2 aromatic rings. The van der Waals surface area contributed by atoms with Crippen molar-refractivity contribution in [3.63, 3.8) is 0 Å². The maximum absolute atomic E-state index is 10.7. The van der Waals surface area contributed by atoms with Crippen LogP contribution in [0.2, 0.25) is 5.02 Å². The number of H-pyrrole nitrogens is 1. The lowest BCUT2D eigenvalue weighted by atomic mass is 10.0. The highest BCUT2D eigenvalue weighted by molar-refractivity contribution is 6.30. The van der Waals surface area contributed by atoms with Gasteiger partial charge in [0.15, 0.2) is 6.29 Å². The van der Waals surface area contributed by atoms with Gasteiger partial charge in [0.25, 0.3) is 0 Å². The molecular formula is C13H12ClNO. The van der Waals surface area contributed by atoms with E-state index in [4.69, 9.17) is 11.6 Å². The van der Waals surface area contributed by atoms with Gasteiger partial charge in [-0.3, -0.25) is 4.79 Å². The van der Waals surface area contributed by atoms with E-state index in [1.54, 1.807) is 6.20 Å². The fourth-order valence-electron chi connectivity index (χ4n) is 1.71. The summed E-state index contributed by atoms with van der Waals surface area (Å²) in [5, 5.41) is 0.752. The number of halogens is 1. The predicted octanol–water partition coefficient (Wildman–Crippen LogP) is 3.27. The van der Waals surface area contributed by atoms with Gasteiger partial charge in [-0.15, -0.1) is 0 Å². The quantitative estimate of drug-likeness (QED) is 0.808. The van der Waals surface area contributed by atoms with Crippen LogP contribution >= 0.6 is 11.6 Å². The number of rotatable bonds is 4. The number of hydrogen-bond acceptors (Lipinski definition) is 1. The third-order valence-corrected chi connectivity index (χ3v) is 2.80. The van der Waals surface area contributed by atoms with Crippen LogP contribution in [0.4, 0.5) is 0 Å². The van der Waals surface area contributed by atoms with E-state index in [-0.39, 0.29) is 0 Å². The summed E-state index contributed by atoms with van der Waals surface area (Å²) in [6, 6.07) is 7.79. The fourth-order valence-corrected chi connectivity index (χ4v) is 1.92. The Morgan fingerprint density at radius 3 is 2.88 bits per heavy atom. The molecule has 0 amide bonds. The van der Waals surface area contributed by atoms with Gasteiger partial charge in [0.2, 0.25) is 0 Å². The molecule has 0 aliphatic heterocycles. The maximum atomic E-state index is 10.7. The Morgan fingerprint density at radius 1 is 1.25 bits per heavy atom. The molecule has 3 heteroatoms. The highest BCUT2D eigenvalue weighted by atomic mass is 35.5. The molecule has 1 aromatic heterocycles. The largest absolute Gasteiger partial charge is 0.367 e. The number of aryl methyl sites for hydroxylation is 2. The first kappa shape index (κ1) is 11.0. The van der Waals surface area contributed by atoms with Crippen molar-refractivity contribution < 1.29 is 4.79 Å². The second kappa shape index (κ2) is 4.99. The van der Waals surface area contributed by atoms with Crippen molar-refractivity contribution in [3.05, 3.63) is 58.4 Å². The molecular weight excluding hydrogens is 222 g/mol. The average Bonchev–Trinajstić information content (AvgIpc) is 2.74. The number of aromatic nitrogens is 1. The Labute approximate surface area is 99.3 Å². The fraction of sp³-hybridized carbons (Fsp3) is 0.154. The van der Waals surface area contributed by atoms with E-state index in [2.05, 4.69) is 4.98 Å². The standard InChI is InChI=1S/C13H12ClNO/c14-13-3-1-2-10(6-13)4-5-11-7-15-8-12(11)9-16/h1-3,6-9,15H,4-5H2. The Balaban J connectivity index is 2.05. The van der Waals surface area contributed by atoms with E-state index in [1.807, 2.05) is 30.5 Å². The minimum Gasteiger partial charge on any atom is -0.367 e. The summed E-state index contributed by atoms with van der Waals surface area (Å²) < 4.78 is 0. The van der Waals surface area contributed by atoms with Gasteiger partial charge in [-0.25, -0.2) is 0 Å². The van der Waals surface area contributed by atoms with Gasteiger partial charge < -0.3 is 4.98 Å². The van der Waals surface area contributed by atoms with Crippen LogP contribution in [0.5, 0.6) is 0 Å². The van der Waals surface area contributed by atoms with Gasteiger partial charge in [-0.05, 0) is 36.1 Å². The van der Waals surface area contributed by atoms with Gasteiger partial charge in [0.1, 0.15) is 0 Å². The Hall–Kier alpha value is -1.54. The molecule has 0 atom stereocenters. The van der Waals surface area contributed by atoms with Crippen LogP contribution in [0.1, 0.15) is 21.5 Å². The van der Waals surface area contributed by atoms with Crippen LogP contribution < -0.4 is 0 Å². The van der Waals surface area contributed by atoms with Crippen molar-refractivity contribution in [2.24, 2.45) is 0 Å². The second-order valence-corrected chi connectivity index (χ2v) is 4.12. The molecule has 0 saturated heterocycles. The molecule has 1 aromatic carbocycles. The first-order chi connectivity index (χ1) is 7.79. The third kappa shape index (κ3) is 2.52. The van der Waals surface area contributed by atoms with E-state index >= 15 is 0 Å². The molecule has 0 saturated carbocycles. The highest BCUT2D eigenvalue weighted by Gasteiger charge is 2.03. The first-order valence-corrected chi connectivity index (χ1v) is 5.52.